The molecule has 0 spiro atoms. The Bertz CT molecular complexity index is 2710. The molecule has 2 aromatic heterocycles. The van der Waals surface area contributed by atoms with Crippen molar-refractivity contribution in [1.29, 1.82) is 0 Å². The summed E-state index contributed by atoms with van der Waals surface area (Å²) in [7, 11) is 0. The average molecular weight is 628 g/mol. The van der Waals surface area contributed by atoms with E-state index in [1.165, 1.54) is 10.8 Å². The Morgan fingerprint density at radius 2 is 0.816 bits per heavy atom. The van der Waals surface area contributed by atoms with Crippen LogP contribution in [0.2, 0.25) is 0 Å². The molecule has 8 aromatic carbocycles. The summed E-state index contributed by atoms with van der Waals surface area (Å²) in [6.07, 6.45) is 0. The van der Waals surface area contributed by atoms with Gasteiger partial charge in [0, 0.05) is 38.6 Å². The number of nitrogens with zero attached hydrogens (tertiary/aromatic N) is 1. The third-order valence-corrected chi connectivity index (χ3v) is 9.60. The third-order valence-electron chi connectivity index (χ3n) is 9.60. The lowest BCUT2D eigenvalue weighted by Crippen LogP contribution is -2.10. The van der Waals surface area contributed by atoms with Crippen molar-refractivity contribution in [2.45, 2.75) is 0 Å². The lowest BCUT2D eigenvalue weighted by atomic mass is 9.95. The van der Waals surface area contributed by atoms with Crippen LogP contribution in [0.3, 0.4) is 0 Å². The fourth-order valence-electron chi connectivity index (χ4n) is 7.22. The minimum Gasteiger partial charge on any atom is -0.456 e. The second kappa shape index (κ2) is 11.0. The van der Waals surface area contributed by atoms with Gasteiger partial charge in [-0.25, -0.2) is 0 Å². The van der Waals surface area contributed by atoms with Gasteiger partial charge in [-0.05, 0) is 112 Å². The van der Waals surface area contributed by atoms with E-state index in [0.29, 0.717) is 0 Å². The second-order valence-electron chi connectivity index (χ2n) is 12.6. The van der Waals surface area contributed by atoms with Crippen LogP contribution in [0.5, 0.6) is 0 Å². The molecule has 0 saturated heterocycles. The minimum absolute atomic E-state index is 0.890. The zero-order chi connectivity index (χ0) is 32.3. The van der Waals surface area contributed by atoms with Crippen LogP contribution in [-0.2, 0) is 0 Å². The Morgan fingerprint density at radius 1 is 0.286 bits per heavy atom. The average Bonchev–Trinajstić information content (AvgIpc) is 3.73. The highest BCUT2D eigenvalue weighted by atomic mass is 16.3. The molecule has 10 aromatic rings. The van der Waals surface area contributed by atoms with Gasteiger partial charge in [-0.3, -0.25) is 0 Å². The molecule has 49 heavy (non-hydrogen) atoms. The predicted molar refractivity (Wildman–Crippen MR) is 204 cm³/mol. The van der Waals surface area contributed by atoms with Gasteiger partial charge >= 0.3 is 0 Å². The number of para-hydroxylation sites is 3. The van der Waals surface area contributed by atoms with Crippen molar-refractivity contribution in [2.24, 2.45) is 0 Å². The summed E-state index contributed by atoms with van der Waals surface area (Å²) < 4.78 is 12.4. The number of rotatable bonds is 5. The first-order chi connectivity index (χ1) is 24.2. The van der Waals surface area contributed by atoms with Gasteiger partial charge in [0.25, 0.3) is 0 Å². The van der Waals surface area contributed by atoms with Crippen molar-refractivity contribution in [3.63, 3.8) is 0 Å². The molecule has 230 valence electrons. The summed E-state index contributed by atoms with van der Waals surface area (Å²) in [5.74, 6) is 0. The molecule has 0 unspecified atom stereocenters. The molecule has 0 bridgehead atoms. The molecule has 0 N–H and O–H groups in total. The van der Waals surface area contributed by atoms with Crippen molar-refractivity contribution in [1.82, 2.24) is 0 Å². The minimum atomic E-state index is 0.890. The Labute approximate surface area is 282 Å². The fraction of sp³-hybridized carbons (Fsp3) is 0. The summed E-state index contributed by atoms with van der Waals surface area (Å²) in [4.78, 5) is 2.36. The number of anilines is 3. The Morgan fingerprint density at radius 3 is 1.45 bits per heavy atom. The molecule has 0 aliphatic heterocycles. The standard InChI is InChI=1S/C46H29NO2/c1-2-12-36(13-3-1)47(37-21-18-30-10-4-5-11-31(30)25-37)38-26-34(32-19-22-45-41(28-32)39-14-6-8-16-43(39)48-45)24-35(27-38)33-20-23-46-42(29-33)40-15-7-9-17-44(40)49-46/h1-29H. The van der Waals surface area contributed by atoms with E-state index in [1.54, 1.807) is 0 Å². The van der Waals surface area contributed by atoms with Gasteiger partial charge in [-0.15, -0.1) is 0 Å². The van der Waals surface area contributed by atoms with Gasteiger partial charge < -0.3 is 13.7 Å². The van der Waals surface area contributed by atoms with Gasteiger partial charge in [0.15, 0.2) is 0 Å². The van der Waals surface area contributed by atoms with Crippen LogP contribution < -0.4 is 4.90 Å². The van der Waals surface area contributed by atoms with E-state index in [2.05, 4.69) is 157 Å². The zero-order valence-corrected chi connectivity index (χ0v) is 26.5. The monoisotopic (exact) mass is 627 g/mol. The molecule has 0 fully saturated rings. The maximum absolute atomic E-state index is 6.20. The number of furan rings is 2. The SMILES string of the molecule is c1ccc(N(c2cc(-c3ccc4oc5ccccc5c4c3)cc(-c3ccc4oc5ccccc5c4c3)c2)c2ccc3ccccc3c2)cc1. The van der Waals surface area contributed by atoms with Gasteiger partial charge in [-0.2, -0.15) is 0 Å². The van der Waals surface area contributed by atoms with Crippen molar-refractivity contribution < 1.29 is 8.83 Å². The zero-order valence-electron chi connectivity index (χ0n) is 26.5. The first kappa shape index (κ1) is 27.5. The van der Waals surface area contributed by atoms with Gasteiger partial charge in [0.1, 0.15) is 22.3 Å². The quantitative estimate of drug-likeness (QED) is 0.190. The molecule has 0 radical (unpaired) electrons. The first-order valence-corrected chi connectivity index (χ1v) is 16.6. The van der Waals surface area contributed by atoms with Crippen LogP contribution >= 0.6 is 0 Å². The molecule has 0 aliphatic rings. The molecular formula is C46H29NO2. The highest BCUT2D eigenvalue weighted by molar-refractivity contribution is 6.08. The maximum atomic E-state index is 6.20. The number of fused-ring (bicyclic) bond motifs is 7. The van der Waals surface area contributed by atoms with Crippen LogP contribution in [0, 0.1) is 0 Å². The lowest BCUT2D eigenvalue weighted by Gasteiger charge is -2.27. The highest BCUT2D eigenvalue weighted by Gasteiger charge is 2.18. The molecule has 3 heteroatoms. The van der Waals surface area contributed by atoms with Gasteiger partial charge in [-0.1, -0.05) is 97.1 Å². The molecule has 3 nitrogen and oxygen atoms in total. The van der Waals surface area contributed by atoms with Crippen LogP contribution in [0.1, 0.15) is 0 Å². The third kappa shape index (κ3) is 4.67. The Balaban J connectivity index is 1.23. The van der Waals surface area contributed by atoms with Crippen molar-refractivity contribution in [3.8, 4) is 22.3 Å². The van der Waals surface area contributed by atoms with Gasteiger partial charge in [0.05, 0.1) is 0 Å². The van der Waals surface area contributed by atoms with Gasteiger partial charge in [0.2, 0.25) is 0 Å². The first-order valence-electron chi connectivity index (χ1n) is 16.6. The van der Waals surface area contributed by atoms with E-state index in [0.717, 1.165) is 83.2 Å². The molecule has 10 rings (SSSR count). The van der Waals surface area contributed by atoms with Crippen LogP contribution in [-0.4, -0.2) is 0 Å². The fourth-order valence-corrected chi connectivity index (χ4v) is 7.22. The van der Waals surface area contributed by atoms with E-state index >= 15 is 0 Å². The summed E-state index contributed by atoms with van der Waals surface area (Å²) in [5, 5.41) is 6.88. The van der Waals surface area contributed by atoms with Crippen LogP contribution in [0.4, 0.5) is 17.1 Å². The smallest absolute Gasteiger partial charge is 0.135 e. The number of hydrogen-bond acceptors (Lipinski definition) is 3. The van der Waals surface area contributed by atoms with Crippen molar-refractivity contribution in [2.75, 3.05) is 4.90 Å². The molecule has 2 heterocycles. The summed E-state index contributed by atoms with van der Waals surface area (Å²) in [5.41, 5.74) is 11.3. The molecule has 0 amide bonds. The summed E-state index contributed by atoms with van der Waals surface area (Å²) in [6.45, 7) is 0. The Kier molecular flexibility index (Phi) is 6.18. The number of benzene rings is 8. The predicted octanol–water partition coefficient (Wildman–Crippen LogP) is 13.4. The van der Waals surface area contributed by atoms with E-state index in [9.17, 15) is 0 Å². The highest BCUT2D eigenvalue weighted by Crippen LogP contribution is 2.42. The van der Waals surface area contributed by atoms with Crippen molar-refractivity contribution in [3.05, 3.63) is 176 Å². The topological polar surface area (TPSA) is 29.5 Å². The molecule has 0 aliphatic carbocycles. The van der Waals surface area contributed by atoms with E-state index in [4.69, 9.17) is 8.83 Å². The van der Waals surface area contributed by atoms with E-state index in [1.807, 2.05) is 24.3 Å². The van der Waals surface area contributed by atoms with Crippen molar-refractivity contribution >= 4 is 71.7 Å². The number of hydrogen-bond donors (Lipinski definition) is 0. The normalized spacial score (nSPS) is 11.7. The summed E-state index contributed by atoms with van der Waals surface area (Å²) >= 11 is 0. The summed E-state index contributed by atoms with van der Waals surface area (Å²) in [6, 6.07) is 62.3. The largest absolute Gasteiger partial charge is 0.456 e. The van der Waals surface area contributed by atoms with Crippen LogP contribution in [0.15, 0.2) is 185 Å². The molecule has 0 saturated carbocycles. The molecule has 0 atom stereocenters. The maximum Gasteiger partial charge on any atom is 0.135 e. The lowest BCUT2D eigenvalue weighted by molar-refractivity contribution is 0.668. The van der Waals surface area contributed by atoms with E-state index in [-0.39, 0.29) is 0 Å². The second-order valence-corrected chi connectivity index (χ2v) is 12.6. The van der Waals surface area contributed by atoms with Crippen LogP contribution in [0.25, 0.3) is 76.9 Å². The van der Waals surface area contributed by atoms with E-state index < -0.39 is 0 Å². The Hall–Kier alpha value is -6.58. The molecular weight excluding hydrogens is 599 g/mol.